The van der Waals surface area contributed by atoms with Gasteiger partial charge in [-0.25, -0.2) is 9.37 Å². The van der Waals surface area contributed by atoms with Gasteiger partial charge in [0.25, 0.3) is 5.91 Å². The standard InChI is InChI=1S/C16H12FN3O2S/c1-9(21)18-16-20-13-6-5-12(8-14(13)23-16)19-15(22)10-3-2-4-11(17)7-10/h2-8H,1H3,(H,19,22)(H,18,20,21). The zero-order valence-corrected chi connectivity index (χ0v) is 12.9. The second kappa shape index (κ2) is 6.13. The summed E-state index contributed by atoms with van der Waals surface area (Å²) in [5.41, 5.74) is 1.54. The third kappa shape index (κ3) is 3.51. The van der Waals surface area contributed by atoms with Crippen LogP contribution in [0.5, 0.6) is 0 Å². The molecule has 5 nitrogen and oxygen atoms in total. The number of nitrogens with zero attached hydrogens (tertiary/aromatic N) is 1. The first-order valence-electron chi connectivity index (χ1n) is 6.76. The van der Waals surface area contributed by atoms with Gasteiger partial charge in [0.2, 0.25) is 5.91 Å². The lowest BCUT2D eigenvalue weighted by Crippen LogP contribution is -2.11. The molecule has 0 aliphatic rings. The van der Waals surface area contributed by atoms with Crippen molar-refractivity contribution in [3.63, 3.8) is 0 Å². The molecular weight excluding hydrogens is 317 g/mol. The molecule has 2 aromatic carbocycles. The van der Waals surface area contributed by atoms with Crippen LogP contribution in [0, 0.1) is 5.82 Å². The Labute approximate surface area is 135 Å². The van der Waals surface area contributed by atoms with Crippen molar-refractivity contribution in [2.45, 2.75) is 6.92 Å². The van der Waals surface area contributed by atoms with E-state index < -0.39 is 11.7 Å². The van der Waals surface area contributed by atoms with Crippen molar-refractivity contribution in [3.05, 3.63) is 53.8 Å². The highest BCUT2D eigenvalue weighted by molar-refractivity contribution is 7.22. The maximum Gasteiger partial charge on any atom is 0.255 e. The Kier molecular flexibility index (Phi) is 4.03. The molecule has 0 atom stereocenters. The third-order valence-electron chi connectivity index (χ3n) is 3.02. The predicted octanol–water partition coefficient (Wildman–Crippen LogP) is 3.65. The van der Waals surface area contributed by atoms with Gasteiger partial charge in [0, 0.05) is 18.2 Å². The monoisotopic (exact) mass is 329 g/mol. The van der Waals surface area contributed by atoms with Gasteiger partial charge in [-0.3, -0.25) is 9.59 Å². The summed E-state index contributed by atoms with van der Waals surface area (Å²) in [5, 5.41) is 5.84. The van der Waals surface area contributed by atoms with Crippen LogP contribution < -0.4 is 10.6 Å². The van der Waals surface area contributed by atoms with Gasteiger partial charge >= 0.3 is 0 Å². The van der Waals surface area contributed by atoms with Crippen LogP contribution in [-0.2, 0) is 4.79 Å². The maximum atomic E-state index is 13.2. The van der Waals surface area contributed by atoms with Gasteiger partial charge in [0.1, 0.15) is 5.82 Å². The third-order valence-corrected chi connectivity index (χ3v) is 3.95. The molecule has 1 aromatic heterocycles. The van der Waals surface area contributed by atoms with Crippen molar-refractivity contribution >= 4 is 44.2 Å². The number of hydrogen-bond acceptors (Lipinski definition) is 4. The van der Waals surface area contributed by atoms with Crippen LogP contribution in [0.15, 0.2) is 42.5 Å². The van der Waals surface area contributed by atoms with E-state index in [1.54, 1.807) is 24.3 Å². The van der Waals surface area contributed by atoms with Gasteiger partial charge in [-0.2, -0.15) is 0 Å². The number of carbonyl (C=O) groups is 2. The van der Waals surface area contributed by atoms with Crippen molar-refractivity contribution in [1.82, 2.24) is 4.98 Å². The first-order chi connectivity index (χ1) is 11.0. The number of aromatic nitrogens is 1. The topological polar surface area (TPSA) is 71.1 Å². The number of amides is 2. The van der Waals surface area contributed by atoms with Crippen molar-refractivity contribution in [1.29, 1.82) is 0 Å². The molecule has 3 aromatic rings. The summed E-state index contributed by atoms with van der Waals surface area (Å²) in [6, 6.07) is 10.7. The van der Waals surface area contributed by atoms with E-state index in [0.717, 1.165) is 10.2 Å². The van der Waals surface area contributed by atoms with Crippen LogP contribution in [0.2, 0.25) is 0 Å². The average Bonchev–Trinajstić information content (AvgIpc) is 2.87. The lowest BCUT2D eigenvalue weighted by atomic mass is 10.2. The summed E-state index contributed by atoms with van der Waals surface area (Å²) in [5.74, 6) is -1.05. The molecule has 0 aliphatic heterocycles. The minimum Gasteiger partial charge on any atom is -0.322 e. The molecule has 0 bridgehead atoms. The number of nitrogens with one attached hydrogen (secondary N) is 2. The molecule has 116 valence electrons. The van der Waals surface area contributed by atoms with Crippen molar-refractivity contribution in [2.24, 2.45) is 0 Å². The van der Waals surface area contributed by atoms with E-state index in [0.29, 0.717) is 10.8 Å². The second-order valence-electron chi connectivity index (χ2n) is 4.85. The molecule has 3 rings (SSSR count). The first-order valence-corrected chi connectivity index (χ1v) is 7.58. The van der Waals surface area contributed by atoms with Crippen LogP contribution in [-0.4, -0.2) is 16.8 Å². The largest absolute Gasteiger partial charge is 0.322 e. The Morgan fingerprint density at radius 2 is 1.96 bits per heavy atom. The van der Waals surface area contributed by atoms with Crippen LogP contribution >= 0.6 is 11.3 Å². The molecular formula is C16H12FN3O2S. The quantitative estimate of drug-likeness (QED) is 0.770. The number of halogens is 1. The molecule has 1 heterocycles. The highest BCUT2D eigenvalue weighted by Gasteiger charge is 2.09. The Balaban J connectivity index is 1.82. The lowest BCUT2D eigenvalue weighted by molar-refractivity contribution is -0.114. The van der Waals surface area contributed by atoms with E-state index in [1.807, 2.05) is 0 Å². The highest BCUT2D eigenvalue weighted by Crippen LogP contribution is 2.28. The van der Waals surface area contributed by atoms with E-state index in [1.165, 1.54) is 36.5 Å². The van der Waals surface area contributed by atoms with Crippen LogP contribution in [0.4, 0.5) is 15.2 Å². The fourth-order valence-electron chi connectivity index (χ4n) is 2.04. The van der Waals surface area contributed by atoms with Gasteiger partial charge in [0.05, 0.1) is 10.2 Å². The molecule has 0 fully saturated rings. The number of anilines is 2. The smallest absolute Gasteiger partial charge is 0.255 e. The van der Waals surface area contributed by atoms with Crippen molar-refractivity contribution < 1.29 is 14.0 Å². The Morgan fingerprint density at radius 1 is 1.13 bits per heavy atom. The molecule has 23 heavy (non-hydrogen) atoms. The predicted molar refractivity (Wildman–Crippen MR) is 88.3 cm³/mol. The van der Waals surface area contributed by atoms with E-state index in [2.05, 4.69) is 15.6 Å². The molecule has 0 spiro atoms. The lowest BCUT2D eigenvalue weighted by Gasteiger charge is -2.05. The van der Waals surface area contributed by atoms with Crippen molar-refractivity contribution in [3.8, 4) is 0 Å². The zero-order valence-electron chi connectivity index (χ0n) is 12.1. The molecule has 2 N–H and O–H groups in total. The summed E-state index contributed by atoms with van der Waals surface area (Å²) in [4.78, 5) is 27.4. The van der Waals surface area contributed by atoms with Crippen LogP contribution in [0.1, 0.15) is 17.3 Å². The number of fused-ring (bicyclic) bond motifs is 1. The second-order valence-corrected chi connectivity index (χ2v) is 5.88. The fourth-order valence-corrected chi connectivity index (χ4v) is 2.99. The average molecular weight is 329 g/mol. The van der Waals surface area contributed by atoms with Gasteiger partial charge in [-0.1, -0.05) is 17.4 Å². The molecule has 0 saturated carbocycles. The van der Waals surface area contributed by atoms with E-state index in [9.17, 15) is 14.0 Å². The van der Waals surface area contributed by atoms with Crippen LogP contribution in [0.25, 0.3) is 10.2 Å². The normalized spacial score (nSPS) is 10.5. The van der Waals surface area contributed by atoms with E-state index in [-0.39, 0.29) is 11.5 Å². The summed E-state index contributed by atoms with van der Waals surface area (Å²) in [7, 11) is 0. The van der Waals surface area contributed by atoms with Gasteiger partial charge in [0.15, 0.2) is 5.13 Å². The minimum absolute atomic E-state index is 0.191. The first kappa shape index (κ1) is 15.1. The minimum atomic E-state index is -0.462. The Morgan fingerprint density at radius 3 is 2.70 bits per heavy atom. The van der Waals surface area contributed by atoms with E-state index >= 15 is 0 Å². The van der Waals surface area contributed by atoms with Gasteiger partial charge in [-0.15, -0.1) is 0 Å². The molecule has 0 aliphatic carbocycles. The number of benzene rings is 2. The Bertz CT molecular complexity index is 907. The van der Waals surface area contributed by atoms with E-state index in [4.69, 9.17) is 0 Å². The molecule has 0 saturated heterocycles. The number of hydrogen-bond donors (Lipinski definition) is 2. The molecule has 0 unspecified atom stereocenters. The number of carbonyl (C=O) groups excluding carboxylic acids is 2. The molecule has 7 heteroatoms. The summed E-state index contributed by atoms with van der Waals surface area (Å²) in [6.45, 7) is 1.41. The van der Waals surface area contributed by atoms with Crippen molar-refractivity contribution in [2.75, 3.05) is 10.6 Å². The highest BCUT2D eigenvalue weighted by atomic mass is 32.1. The summed E-state index contributed by atoms with van der Waals surface area (Å²) < 4.78 is 14.0. The fraction of sp³-hybridized carbons (Fsp3) is 0.0625. The van der Waals surface area contributed by atoms with Gasteiger partial charge < -0.3 is 10.6 Å². The Hall–Kier alpha value is -2.80. The maximum absolute atomic E-state index is 13.2. The summed E-state index contributed by atoms with van der Waals surface area (Å²) in [6.07, 6.45) is 0. The molecule has 0 radical (unpaired) electrons. The van der Waals surface area contributed by atoms with Gasteiger partial charge in [-0.05, 0) is 36.4 Å². The number of thiazole rings is 1. The number of rotatable bonds is 3. The SMILES string of the molecule is CC(=O)Nc1nc2ccc(NC(=O)c3cccc(F)c3)cc2s1. The van der Waals surface area contributed by atoms with Crippen LogP contribution in [0.3, 0.4) is 0 Å². The summed E-state index contributed by atoms with van der Waals surface area (Å²) >= 11 is 1.31. The molecule has 2 amide bonds. The zero-order chi connectivity index (χ0) is 16.4.